The van der Waals surface area contributed by atoms with Crippen molar-refractivity contribution in [1.29, 1.82) is 0 Å². The van der Waals surface area contributed by atoms with E-state index in [1.165, 1.54) is 23.1 Å². The van der Waals surface area contributed by atoms with E-state index in [-0.39, 0.29) is 11.7 Å². The van der Waals surface area contributed by atoms with Crippen LogP contribution in [0.4, 0.5) is 5.13 Å². The van der Waals surface area contributed by atoms with Gasteiger partial charge in [0.1, 0.15) is 10.8 Å². The molecule has 4 rings (SSSR count). The molecule has 9 heteroatoms. The zero-order chi connectivity index (χ0) is 18.6. The highest BCUT2D eigenvalue weighted by Crippen LogP contribution is 2.27. The molecule has 7 nitrogen and oxygen atoms in total. The standard InChI is InChI=1S/C18H15N5O2S2/c1-25-13-4-2-12(3-5-13)14-10-15-17(19-6-8-23(15)22-14)27-11-16(24)21-18-20-7-9-26-18/h2-10H,11H2,1H3,(H,20,21,24). The average Bonchev–Trinajstić information content (AvgIpc) is 3.36. The molecule has 3 heterocycles. The number of hydrogen-bond acceptors (Lipinski definition) is 7. The number of carbonyl (C=O) groups is 1. The largest absolute Gasteiger partial charge is 0.497 e. The SMILES string of the molecule is COc1ccc(-c2cc3c(SCC(=O)Nc4nccs4)nccn3n2)cc1. The smallest absolute Gasteiger partial charge is 0.236 e. The van der Waals surface area contributed by atoms with Gasteiger partial charge >= 0.3 is 0 Å². The summed E-state index contributed by atoms with van der Waals surface area (Å²) in [6, 6.07) is 9.69. The van der Waals surface area contributed by atoms with Crippen LogP contribution in [0.2, 0.25) is 0 Å². The first kappa shape index (κ1) is 17.5. The fourth-order valence-corrected chi connectivity index (χ4v) is 3.81. The van der Waals surface area contributed by atoms with Crippen LogP contribution in [0, 0.1) is 0 Å². The number of aromatic nitrogens is 4. The predicted molar refractivity (Wildman–Crippen MR) is 106 cm³/mol. The van der Waals surface area contributed by atoms with Crippen LogP contribution in [0.25, 0.3) is 16.8 Å². The molecular weight excluding hydrogens is 382 g/mol. The van der Waals surface area contributed by atoms with Crippen LogP contribution in [0.3, 0.4) is 0 Å². The van der Waals surface area contributed by atoms with Gasteiger partial charge in [-0.15, -0.1) is 11.3 Å². The van der Waals surface area contributed by atoms with E-state index in [4.69, 9.17) is 4.74 Å². The number of carbonyl (C=O) groups excluding carboxylic acids is 1. The van der Waals surface area contributed by atoms with Gasteiger partial charge in [-0.25, -0.2) is 14.5 Å². The lowest BCUT2D eigenvalue weighted by Gasteiger charge is -2.03. The maximum Gasteiger partial charge on any atom is 0.236 e. The van der Waals surface area contributed by atoms with Gasteiger partial charge < -0.3 is 10.1 Å². The molecule has 0 aliphatic rings. The Labute approximate surface area is 163 Å². The Bertz CT molecular complexity index is 1060. The molecule has 0 atom stereocenters. The van der Waals surface area contributed by atoms with E-state index in [0.29, 0.717) is 5.13 Å². The summed E-state index contributed by atoms with van der Waals surface area (Å²) >= 11 is 2.76. The van der Waals surface area contributed by atoms with Gasteiger partial charge in [0.15, 0.2) is 5.13 Å². The zero-order valence-corrected chi connectivity index (χ0v) is 16.0. The molecule has 0 unspecified atom stereocenters. The molecule has 1 amide bonds. The molecule has 0 fully saturated rings. The maximum atomic E-state index is 12.1. The minimum Gasteiger partial charge on any atom is -0.497 e. The van der Waals surface area contributed by atoms with E-state index in [2.05, 4.69) is 20.4 Å². The summed E-state index contributed by atoms with van der Waals surface area (Å²) in [5, 5.41) is 10.5. The van der Waals surface area contributed by atoms with Gasteiger partial charge in [0.05, 0.1) is 24.1 Å². The van der Waals surface area contributed by atoms with E-state index in [1.807, 2.05) is 35.7 Å². The summed E-state index contributed by atoms with van der Waals surface area (Å²) in [6.45, 7) is 0. The van der Waals surface area contributed by atoms with Crippen molar-refractivity contribution >= 4 is 39.7 Å². The quantitative estimate of drug-likeness (QED) is 0.501. The molecule has 0 saturated heterocycles. The zero-order valence-electron chi connectivity index (χ0n) is 14.3. The lowest BCUT2D eigenvalue weighted by Crippen LogP contribution is -2.13. The number of fused-ring (bicyclic) bond motifs is 1. The first-order valence-corrected chi connectivity index (χ1v) is 9.90. The Morgan fingerprint density at radius 1 is 1.26 bits per heavy atom. The van der Waals surface area contributed by atoms with Gasteiger partial charge in [-0.3, -0.25) is 4.79 Å². The van der Waals surface area contributed by atoms with Gasteiger partial charge in [0, 0.05) is 29.5 Å². The number of anilines is 1. The molecule has 3 aromatic heterocycles. The van der Waals surface area contributed by atoms with Crippen LogP contribution in [0.15, 0.2) is 59.3 Å². The highest BCUT2D eigenvalue weighted by molar-refractivity contribution is 8.00. The van der Waals surface area contributed by atoms with E-state index in [9.17, 15) is 4.79 Å². The fourth-order valence-electron chi connectivity index (χ4n) is 2.49. The Morgan fingerprint density at radius 2 is 2.11 bits per heavy atom. The monoisotopic (exact) mass is 397 g/mol. The van der Waals surface area contributed by atoms with Crippen molar-refractivity contribution in [2.75, 3.05) is 18.2 Å². The second-order valence-electron chi connectivity index (χ2n) is 5.49. The van der Waals surface area contributed by atoms with E-state index in [1.54, 1.807) is 30.2 Å². The van der Waals surface area contributed by atoms with Gasteiger partial charge in [0.2, 0.25) is 5.91 Å². The highest BCUT2D eigenvalue weighted by atomic mass is 32.2. The van der Waals surface area contributed by atoms with Crippen molar-refractivity contribution in [2.45, 2.75) is 5.03 Å². The number of amides is 1. The van der Waals surface area contributed by atoms with Crippen LogP contribution >= 0.6 is 23.1 Å². The molecule has 4 aromatic rings. The number of hydrogen-bond donors (Lipinski definition) is 1. The first-order chi connectivity index (χ1) is 13.2. The van der Waals surface area contributed by atoms with Crippen molar-refractivity contribution in [3.8, 4) is 17.0 Å². The Balaban J connectivity index is 1.53. The van der Waals surface area contributed by atoms with Gasteiger partial charge in [-0.05, 0) is 30.3 Å². The average molecular weight is 397 g/mol. The topological polar surface area (TPSA) is 81.4 Å². The van der Waals surface area contributed by atoms with Crippen LogP contribution in [-0.2, 0) is 4.79 Å². The molecule has 1 aromatic carbocycles. The minimum atomic E-state index is -0.117. The summed E-state index contributed by atoms with van der Waals surface area (Å²) in [7, 11) is 1.64. The van der Waals surface area contributed by atoms with Crippen LogP contribution in [0.5, 0.6) is 5.75 Å². The van der Waals surface area contributed by atoms with E-state index < -0.39 is 0 Å². The molecule has 136 valence electrons. The summed E-state index contributed by atoms with van der Waals surface area (Å²) in [4.78, 5) is 20.5. The van der Waals surface area contributed by atoms with Crippen LogP contribution in [-0.4, -0.2) is 38.4 Å². The number of thioether (sulfide) groups is 1. The number of thiazole rings is 1. The van der Waals surface area contributed by atoms with Gasteiger partial charge in [0.25, 0.3) is 0 Å². The second-order valence-corrected chi connectivity index (χ2v) is 7.35. The molecule has 0 saturated carbocycles. The number of methoxy groups -OCH3 is 1. The number of benzene rings is 1. The Kier molecular flexibility index (Phi) is 5.03. The molecule has 0 radical (unpaired) electrons. The first-order valence-electron chi connectivity index (χ1n) is 8.04. The summed E-state index contributed by atoms with van der Waals surface area (Å²) < 4.78 is 6.97. The molecule has 0 aliphatic heterocycles. The highest BCUT2D eigenvalue weighted by Gasteiger charge is 2.12. The predicted octanol–water partition coefficient (Wildman–Crippen LogP) is 3.59. The third-order valence-corrected chi connectivity index (χ3v) is 5.44. The van der Waals surface area contributed by atoms with E-state index >= 15 is 0 Å². The van der Waals surface area contributed by atoms with Gasteiger partial charge in [-0.1, -0.05) is 11.8 Å². The summed E-state index contributed by atoms with van der Waals surface area (Å²) in [5.41, 5.74) is 2.67. The maximum absolute atomic E-state index is 12.1. The normalized spacial score (nSPS) is 10.9. The molecule has 27 heavy (non-hydrogen) atoms. The Hall–Kier alpha value is -2.91. The third kappa shape index (κ3) is 3.93. The third-order valence-electron chi connectivity index (χ3n) is 3.76. The van der Waals surface area contributed by atoms with Crippen LogP contribution < -0.4 is 10.1 Å². The fraction of sp³-hybridized carbons (Fsp3) is 0.111. The molecule has 0 aliphatic carbocycles. The van der Waals surface area contributed by atoms with Crippen molar-refractivity contribution in [1.82, 2.24) is 19.6 Å². The number of nitrogens with zero attached hydrogens (tertiary/aromatic N) is 4. The minimum absolute atomic E-state index is 0.117. The second kappa shape index (κ2) is 7.77. The molecular formula is C18H15N5O2S2. The number of ether oxygens (including phenoxy) is 1. The van der Waals surface area contributed by atoms with Crippen molar-refractivity contribution in [2.24, 2.45) is 0 Å². The lowest BCUT2D eigenvalue weighted by molar-refractivity contribution is -0.113. The van der Waals surface area contributed by atoms with Crippen molar-refractivity contribution in [3.63, 3.8) is 0 Å². The summed E-state index contributed by atoms with van der Waals surface area (Å²) in [5.74, 6) is 0.926. The van der Waals surface area contributed by atoms with E-state index in [0.717, 1.165) is 27.5 Å². The number of nitrogens with one attached hydrogen (secondary N) is 1. The van der Waals surface area contributed by atoms with Crippen molar-refractivity contribution < 1.29 is 9.53 Å². The van der Waals surface area contributed by atoms with Crippen LogP contribution in [0.1, 0.15) is 0 Å². The number of rotatable bonds is 6. The Morgan fingerprint density at radius 3 is 2.85 bits per heavy atom. The molecule has 0 spiro atoms. The van der Waals surface area contributed by atoms with Gasteiger partial charge in [-0.2, -0.15) is 5.10 Å². The lowest BCUT2D eigenvalue weighted by atomic mass is 10.1. The molecule has 0 bridgehead atoms. The molecule has 1 N–H and O–H groups in total. The summed E-state index contributed by atoms with van der Waals surface area (Å²) in [6.07, 6.45) is 5.13. The van der Waals surface area contributed by atoms with Crippen molar-refractivity contribution in [3.05, 3.63) is 54.3 Å².